The SMILES string of the molecule is CC(C)C(C)CCC(C)[C@H]1CC[C@H]2C3=CCC4C(C)C(O)CC[C@]4(C)[C@H]3CC[C@]12C. The summed E-state index contributed by atoms with van der Waals surface area (Å²) in [5.41, 5.74) is 2.84. The molecule has 1 heteroatoms. The molecule has 1 N–H and O–H groups in total. The van der Waals surface area contributed by atoms with Gasteiger partial charge in [0.05, 0.1) is 6.10 Å². The molecule has 0 bridgehead atoms. The highest BCUT2D eigenvalue weighted by Gasteiger charge is 2.59. The van der Waals surface area contributed by atoms with Crippen LogP contribution < -0.4 is 0 Å². The molecular weight excluding hydrogens is 364 g/mol. The van der Waals surface area contributed by atoms with Gasteiger partial charge in [-0.15, -0.1) is 0 Å². The Morgan fingerprint density at radius 2 is 1.60 bits per heavy atom. The quantitative estimate of drug-likeness (QED) is 0.454. The summed E-state index contributed by atoms with van der Waals surface area (Å²) in [6, 6.07) is 0. The zero-order valence-corrected chi connectivity index (χ0v) is 21.1. The van der Waals surface area contributed by atoms with Crippen molar-refractivity contribution in [2.24, 2.45) is 58.2 Å². The van der Waals surface area contributed by atoms with Crippen LogP contribution in [-0.2, 0) is 0 Å². The van der Waals surface area contributed by atoms with E-state index in [4.69, 9.17) is 0 Å². The Balaban J connectivity index is 1.51. The van der Waals surface area contributed by atoms with Gasteiger partial charge in [-0.1, -0.05) is 73.0 Å². The van der Waals surface area contributed by atoms with E-state index < -0.39 is 0 Å². The van der Waals surface area contributed by atoms with Crippen LogP contribution in [0, 0.1) is 58.2 Å². The molecular formula is C29H50O. The van der Waals surface area contributed by atoms with E-state index in [1.807, 2.05) is 5.57 Å². The van der Waals surface area contributed by atoms with Crippen molar-refractivity contribution < 1.29 is 5.11 Å². The van der Waals surface area contributed by atoms with Crippen molar-refractivity contribution in [3.63, 3.8) is 0 Å². The van der Waals surface area contributed by atoms with Gasteiger partial charge in [0.1, 0.15) is 0 Å². The fraction of sp³-hybridized carbons (Fsp3) is 0.931. The number of hydrogen-bond donors (Lipinski definition) is 1. The Morgan fingerprint density at radius 1 is 0.933 bits per heavy atom. The van der Waals surface area contributed by atoms with Gasteiger partial charge in [-0.05, 0) is 103 Å². The number of hydrogen-bond acceptors (Lipinski definition) is 1. The van der Waals surface area contributed by atoms with E-state index >= 15 is 0 Å². The van der Waals surface area contributed by atoms with E-state index in [2.05, 4.69) is 54.5 Å². The lowest BCUT2D eigenvalue weighted by molar-refractivity contribution is -0.0774. The lowest BCUT2D eigenvalue weighted by Crippen LogP contribution is -2.52. The molecule has 0 saturated heterocycles. The van der Waals surface area contributed by atoms with E-state index in [9.17, 15) is 5.11 Å². The highest BCUT2D eigenvalue weighted by Crippen LogP contribution is 2.67. The van der Waals surface area contributed by atoms with E-state index in [0.29, 0.717) is 22.7 Å². The molecule has 0 heterocycles. The smallest absolute Gasteiger partial charge is 0.0568 e. The molecule has 0 aromatic heterocycles. The molecule has 172 valence electrons. The average molecular weight is 415 g/mol. The Morgan fingerprint density at radius 3 is 2.30 bits per heavy atom. The predicted octanol–water partition coefficient (Wildman–Crippen LogP) is 7.88. The largest absolute Gasteiger partial charge is 0.393 e. The first-order chi connectivity index (χ1) is 14.1. The van der Waals surface area contributed by atoms with Crippen LogP contribution in [0.4, 0.5) is 0 Å². The van der Waals surface area contributed by atoms with Crippen LogP contribution >= 0.6 is 0 Å². The second-order valence-corrected chi connectivity index (χ2v) is 13.1. The Labute approximate surface area is 187 Å². The van der Waals surface area contributed by atoms with Crippen LogP contribution in [0.2, 0.25) is 0 Å². The first kappa shape index (κ1) is 22.9. The third-order valence-corrected chi connectivity index (χ3v) is 11.6. The van der Waals surface area contributed by atoms with Crippen LogP contribution in [0.5, 0.6) is 0 Å². The minimum Gasteiger partial charge on any atom is -0.393 e. The van der Waals surface area contributed by atoms with Crippen LogP contribution in [0.1, 0.15) is 106 Å². The van der Waals surface area contributed by atoms with E-state index in [1.165, 1.54) is 51.4 Å². The molecule has 0 radical (unpaired) electrons. The number of aliphatic hydroxyl groups excluding tert-OH is 1. The third kappa shape index (κ3) is 3.54. The fourth-order valence-electron chi connectivity index (χ4n) is 8.98. The molecule has 0 aliphatic heterocycles. The highest BCUT2D eigenvalue weighted by molar-refractivity contribution is 5.28. The fourth-order valence-corrected chi connectivity index (χ4v) is 8.98. The maximum Gasteiger partial charge on any atom is 0.0568 e. The normalized spacial score (nSPS) is 47.8. The van der Waals surface area contributed by atoms with Crippen LogP contribution in [0.3, 0.4) is 0 Å². The topological polar surface area (TPSA) is 20.2 Å². The molecule has 0 spiro atoms. The van der Waals surface area contributed by atoms with Gasteiger partial charge in [-0.3, -0.25) is 0 Å². The minimum absolute atomic E-state index is 0.0724. The monoisotopic (exact) mass is 414 g/mol. The Kier molecular flexibility index (Phi) is 6.28. The summed E-state index contributed by atoms with van der Waals surface area (Å²) in [5, 5.41) is 10.5. The molecule has 30 heavy (non-hydrogen) atoms. The molecule has 0 aromatic carbocycles. The summed E-state index contributed by atoms with van der Waals surface area (Å²) in [4.78, 5) is 0. The van der Waals surface area contributed by atoms with Crippen LogP contribution in [0.15, 0.2) is 11.6 Å². The van der Waals surface area contributed by atoms with Crippen LogP contribution in [-0.4, -0.2) is 11.2 Å². The molecule has 4 rings (SSSR count). The summed E-state index contributed by atoms with van der Waals surface area (Å²) < 4.78 is 0. The highest BCUT2D eigenvalue weighted by atomic mass is 16.3. The lowest BCUT2D eigenvalue weighted by Gasteiger charge is -2.59. The van der Waals surface area contributed by atoms with Crippen molar-refractivity contribution in [1.82, 2.24) is 0 Å². The zero-order chi connectivity index (χ0) is 21.8. The lowest BCUT2D eigenvalue weighted by atomic mass is 9.46. The first-order valence-corrected chi connectivity index (χ1v) is 13.5. The minimum atomic E-state index is -0.0724. The molecule has 3 saturated carbocycles. The van der Waals surface area contributed by atoms with Gasteiger partial charge in [-0.2, -0.15) is 0 Å². The van der Waals surface area contributed by atoms with Gasteiger partial charge < -0.3 is 5.11 Å². The zero-order valence-electron chi connectivity index (χ0n) is 21.1. The second-order valence-electron chi connectivity index (χ2n) is 13.1. The molecule has 4 aliphatic rings. The number of rotatable bonds is 5. The van der Waals surface area contributed by atoms with Crippen molar-refractivity contribution in [2.75, 3.05) is 0 Å². The summed E-state index contributed by atoms with van der Waals surface area (Å²) in [7, 11) is 0. The van der Waals surface area contributed by atoms with Gasteiger partial charge in [0.2, 0.25) is 0 Å². The molecule has 0 amide bonds. The summed E-state index contributed by atoms with van der Waals surface area (Å²) >= 11 is 0. The van der Waals surface area contributed by atoms with Crippen molar-refractivity contribution in [3.05, 3.63) is 11.6 Å². The van der Waals surface area contributed by atoms with Gasteiger partial charge in [0.25, 0.3) is 0 Å². The molecule has 5 unspecified atom stereocenters. The van der Waals surface area contributed by atoms with Gasteiger partial charge in [0.15, 0.2) is 0 Å². The molecule has 0 aromatic rings. The average Bonchev–Trinajstić information content (AvgIpc) is 3.06. The second kappa shape index (κ2) is 8.24. The number of aliphatic hydroxyl groups is 1. The summed E-state index contributed by atoms with van der Waals surface area (Å²) in [5.74, 6) is 6.25. The molecule has 3 fully saturated rings. The molecule has 10 atom stereocenters. The van der Waals surface area contributed by atoms with Gasteiger partial charge in [-0.25, -0.2) is 0 Å². The maximum atomic E-state index is 10.5. The number of fused-ring (bicyclic) bond motifs is 5. The van der Waals surface area contributed by atoms with Gasteiger partial charge in [0, 0.05) is 0 Å². The van der Waals surface area contributed by atoms with Crippen molar-refractivity contribution >= 4 is 0 Å². The van der Waals surface area contributed by atoms with Crippen molar-refractivity contribution in [2.45, 2.75) is 112 Å². The molecule has 1 nitrogen and oxygen atoms in total. The summed E-state index contributed by atoms with van der Waals surface area (Å²) in [6.07, 6.45) is 14.7. The molecule has 4 aliphatic carbocycles. The Bertz CT molecular complexity index is 649. The first-order valence-electron chi connectivity index (χ1n) is 13.5. The van der Waals surface area contributed by atoms with Crippen LogP contribution in [0.25, 0.3) is 0 Å². The van der Waals surface area contributed by atoms with E-state index in [-0.39, 0.29) is 6.10 Å². The maximum absolute atomic E-state index is 10.5. The number of allylic oxidation sites excluding steroid dienone is 2. The Hall–Kier alpha value is -0.300. The predicted molar refractivity (Wildman–Crippen MR) is 128 cm³/mol. The standard InChI is InChI=1S/C29H50O/c1-18(2)19(3)8-9-20(4)23-12-13-25-22-10-11-24-21(5)27(30)15-17-29(24,7)26(22)14-16-28(23,25)6/h10,18-21,23-27,30H,8-9,11-17H2,1-7H3/t19?,20?,21?,23-,24?,25+,26+,27?,28-,29+/m1/s1. The van der Waals surface area contributed by atoms with Gasteiger partial charge >= 0.3 is 0 Å². The van der Waals surface area contributed by atoms with Crippen molar-refractivity contribution in [3.8, 4) is 0 Å². The van der Waals surface area contributed by atoms with E-state index in [1.54, 1.807) is 0 Å². The van der Waals surface area contributed by atoms with E-state index in [0.717, 1.165) is 41.9 Å². The van der Waals surface area contributed by atoms with Crippen molar-refractivity contribution in [1.29, 1.82) is 0 Å². The third-order valence-electron chi connectivity index (χ3n) is 11.6. The summed E-state index contributed by atoms with van der Waals surface area (Å²) in [6.45, 7) is 17.4.